The number of hydrogen-bond acceptors (Lipinski definition) is 6. The first-order valence-corrected chi connectivity index (χ1v) is 4.21. The van der Waals surface area contributed by atoms with Crippen molar-refractivity contribution >= 4 is 7.69 Å². The van der Waals surface area contributed by atoms with Crippen molar-refractivity contribution < 1.29 is 29.4 Å². The molecule has 83 valence electrons. The summed E-state index contributed by atoms with van der Waals surface area (Å²) in [7, 11) is 2.48. The smallest absolute Gasteiger partial charge is 0.410 e. The van der Waals surface area contributed by atoms with Gasteiger partial charge in [-0.3, -0.25) is 0 Å². The molecule has 0 fully saturated rings. The second-order valence-electron chi connectivity index (χ2n) is 2.71. The highest BCUT2D eigenvalue weighted by Crippen LogP contribution is 1.87. The molecule has 0 aliphatic carbocycles. The molecule has 2 atom stereocenters. The Morgan fingerprint density at radius 2 is 1.64 bits per heavy atom. The molecule has 2 unspecified atom stereocenters. The molecule has 0 saturated carbocycles. The van der Waals surface area contributed by atoms with Crippen LogP contribution in [0.3, 0.4) is 0 Å². The summed E-state index contributed by atoms with van der Waals surface area (Å²) in [6.45, 7) is -0.160. The molecule has 0 bridgehead atoms. The number of ether oxygens (including phenoxy) is 1. The van der Waals surface area contributed by atoms with E-state index in [1.807, 2.05) is 0 Å². The quantitative estimate of drug-likeness (QED) is 0.297. The van der Waals surface area contributed by atoms with Crippen LogP contribution in [0.25, 0.3) is 0 Å². The summed E-state index contributed by atoms with van der Waals surface area (Å²) in [6.07, 6.45) is -1.62. The fourth-order valence-electron chi connectivity index (χ4n) is 0.642. The Morgan fingerprint density at radius 1 is 1.07 bits per heavy atom. The summed E-state index contributed by atoms with van der Waals surface area (Å²) in [4.78, 5) is 0. The van der Waals surface area contributed by atoms with E-state index in [1.165, 1.54) is 7.11 Å². The average molecular weight is 207 g/mol. The van der Waals surface area contributed by atoms with Gasteiger partial charge in [-0.2, -0.15) is 0 Å². The largest absolute Gasteiger partial charge is 0.488 e. The Bertz CT molecular complexity index is 125. The summed E-state index contributed by atoms with van der Waals surface area (Å²) in [5, 5.41) is 26.3. The maximum Gasteiger partial charge on any atom is 0.488 e. The van der Waals surface area contributed by atoms with Crippen LogP contribution in [-0.4, -0.2) is 68.7 Å². The molecular weight excluding hydrogens is 191 g/mol. The zero-order valence-electron chi connectivity index (χ0n) is 8.13. The van der Waals surface area contributed by atoms with Crippen LogP contribution < -0.4 is 0 Å². The fraction of sp³-hybridized carbons (Fsp3) is 1.00. The highest BCUT2D eigenvalue weighted by Gasteiger charge is 2.06. The van der Waals surface area contributed by atoms with E-state index >= 15 is 0 Å². The van der Waals surface area contributed by atoms with Gasteiger partial charge < -0.3 is 29.4 Å². The van der Waals surface area contributed by atoms with Crippen LogP contribution in [-0.2, 0) is 14.0 Å². The number of rotatable bonds is 9. The van der Waals surface area contributed by atoms with Crippen LogP contribution in [0.4, 0.5) is 0 Å². The molecule has 1 radical (unpaired) electrons. The highest BCUT2D eigenvalue weighted by molar-refractivity contribution is 6.17. The van der Waals surface area contributed by atoms with Crippen molar-refractivity contribution in [3.05, 3.63) is 0 Å². The summed E-state index contributed by atoms with van der Waals surface area (Å²) in [5.74, 6) is 0. The molecule has 0 amide bonds. The fourth-order valence-corrected chi connectivity index (χ4v) is 0.642. The molecule has 0 spiro atoms. The minimum atomic E-state index is -0.918. The van der Waals surface area contributed by atoms with Crippen molar-refractivity contribution in [2.75, 3.05) is 33.5 Å². The number of aliphatic hydroxyl groups is 3. The van der Waals surface area contributed by atoms with Gasteiger partial charge in [-0.05, 0) is 0 Å². The molecule has 0 aromatic carbocycles. The second kappa shape index (κ2) is 9.38. The predicted molar refractivity (Wildman–Crippen MR) is 48.6 cm³/mol. The van der Waals surface area contributed by atoms with E-state index in [-0.39, 0.29) is 26.4 Å². The summed E-state index contributed by atoms with van der Waals surface area (Å²) >= 11 is 0. The molecule has 7 heteroatoms. The zero-order valence-corrected chi connectivity index (χ0v) is 8.13. The van der Waals surface area contributed by atoms with Gasteiger partial charge in [-0.15, -0.1) is 0 Å². The summed E-state index contributed by atoms with van der Waals surface area (Å²) in [5.41, 5.74) is 0. The van der Waals surface area contributed by atoms with Gasteiger partial charge in [0.1, 0.15) is 0 Å². The highest BCUT2D eigenvalue weighted by atomic mass is 16.6. The van der Waals surface area contributed by atoms with Crippen LogP contribution in [0.1, 0.15) is 0 Å². The van der Waals surface area contributed by atoms with Gasteiger partial charge in [0.05, 0.1) is 38.6 Å². The van der Waals surface area contributed by atoms with E-state index in [4.69, 9.17) is 24.6 Å². The van der Waals surface area contributed by atoms with Crippen molar-refractivity contribution in [2.45, 2.75) is 12.2 Å². The topological polar surface area (TPSA) is 88.4 Å². The van der Waals surface area contributed by atoms with Gasteiger partial charge in [0, 0.05) is 7.11 Å². The molecule has 3 N–H and O–H groups in total. The van der Waals surface area contributed by atoms with Crippen molar-refractivity contribution in [2.24, 2.45) is 0 Å². The third-order valence-corrected chi connectivity index (χ3v) is 1.28. The van der Waals surface area contributed by atoms with Gasteiger partial charge in [0.15, 0.2) is 0 Å². The van der Waals surface area contributed by atoms with E-state index in [1.54, 1.807) is 0 Å². The van der Waals surface area contributed by atoms with Gasteiger partial charge in [-0.1, -0.05) is 0 Å². The average Bonchev–Trinajstić information content (AvgIpc) is 2.17. The van der Waals surface area contributed by atoms with Crippen LogP contribution in [0.2, 0.25) is 0 Å². The normalized spacial score (nSPS) is 15.1. The van der Waals surface area contributed by atoms with Crippen LogP contribution in [0.15, 0.2) is 0 Å². The molecule has 6 nitrogen and oxygen atoms in total. The molecule has 0 heterocycles. The third-order valence-electron chi connectivity index (χ3n) is 1.28. The minimum absolute atomic E-state index is 0.0448. The van der Waals surface area contributed by atoms with Crippen LogP contribution in [0, 0.1) is 0 Å². The Kier molecular flexibility index (Phi) is 9.27. The lowest BCUT2D eigenvalue weighted by molar-refractivity contribution is 0.0186. The second-order valence-corrected chi connectivity index (χ2v) is 2.71. The lowest BCUT2D eigenvalue weighted by atomic mass is 10.3. The standard InChI is InChI=1S/C7H16BO6/c1-12-3-7(11)5-14-8-13-4-6(10)2-9/h6-7,9-11H,2-5H2,1H3. The van der Waals surface area contributed by atoms with E-state index < -0.39 is 12.2 Å². The maximum absolute atomic E-state index is 9.09. The van der Waals surface area contributed by atoms with Gasteiger partial charge >= 0.3 is 7.69 Å². The molecule has 0 saturated heterocycles. The van der Waals surface area contributed by atoms with Crippen molar-refractivity contribution in [3.63, 3.8) is 0 Å². The van der Waals surface area contributed by atoms with Gasteiger partial charge in [0.2, 0.25) is 0 Å². The first-order chi connectivity index (χ1) is 6.70. The maximum atomic E-state index is 9.09. The molecule has 0 aliphatic heterocycles. The third kappa shape index (κ3) is 8.42. The van der Waals surface area contributed by atoms with E-state index in [2.05, 4.69) is 4.74 Å². The van der Waals surface area contributed by atoms with Gasteiger partial charge in [0.25, 0.3) is 0 Å². The summed E-state index contributed by atoms with van der Waals surface area (Å²) in [6, 6.07) is 0. The Morgan fingerprint density at radius 3 is 2.14 bits per heavy atom. The molecule has 0 aromatic rings. The number of aliphatic hydroxyl groups excluding tert-OH is 3. The van der Waals surface area contributed by atoms with Gasteiger partial charge in [-0.25, -0.2) is 0 Å². The molecule has 0 aromatic heterocycles. The first kappa shape index (κ1) is 13.8. The lowest BCUT2D eigenvalue weighted by Crippen LogP contribution is -2.25. The predicted octanol–water partition coefficient (Wildman–Crippen LogP) is -2.09. The van der Waals surface area contributed by atoms with Crippen LogP contribution in [0.5, 0.6) is 0 Å². The SMILES string of the molecule is COCC(O)CO[B]OCC(O)CO. The monoisotopic (exact) mass is 207 g/mol. The van der Waals surface area contributed by atoms with Crippen molar-refractivity contribution in [1.29, 1.82) is 0 Å². The first-order valence-electron chi connectivity index (χ1n) is 4.21. The molecule has 14 heavy (non-hydrogen) atoms. The van der Waals surface area contributed by atoms with Crippen LogP contribution >= 0.6 is 0 Å². The zero-order chi connectivity index (χ0) is 10.8. The number of methoxy groups -OCH3 is 1. The Labute approximate surface area is 83.7 Å². The Balaban J connectivity index is 3.13. The Hall–Kier alpha value is -0.175. The lowest BCUT2D eigenvalue weighted by Gasteiger charge is -2.10. The van der Waals surface area contributed by atoms with E-state index in [0.29, 0.717) is 0 Å². The van der Waals surface area contributed by atoms with E-state index in [9.17, 15) is 0 Å². The molecule has 0 rings (SSSR count). The summed E-state index contributed by atoms with van der Waals surface area (Å²) < 4.78 is 14.1. The van der Waals surface area contributed by atoms with Crippen molar-refractivity contribution in [3.8, 4) is 0 Å². The minimum Gasteiger partial charge on any atom is -0.410 e. The van der Waals surface area contributed by atoms with E-state index in [0.717, 1.165) is 7.69 Å². The molecule has 0 aliphatic rings. The molecular formula is C7H16BO6. The number of hydrogen-bond donors (Lipinski definition) is 3. The van der Waals surface area contributed by atoms with Crippen molar-refractivity contribution in [1.82, 2.24) is 0 Å².